The second-order valence-corrected chi connectivity index (χ2v) is 8.23. The van der Waals surface area contributed by atoms with Crippen molar-refractivity contribution in [1.29, 1.82) is 0 Å². The predicted molar refractivity (Wildman–Crippen MR) is 125 cm³/mol. The fourth-order valence-corrected chi connectivity index (χ4v) is 4.44. The van der Waals surface area contributed by atoms with E-state index in [4.69, 9.17) is 4.74 Å². The Morgan fingerprint density at radius 1 is 1.03 bits per heavy atom. The second kappa shape index (κ2) is 8.97. The van der Waals surface area contributed by atoms with Gasteiger partial charge < -0.3 is 14.7 Å². The zero-order valence-electron chi connectivity index (χ0n) is 18.6. The van der Waals surface area contributed by atoms with Crippen molar-refractivity contribution in [1.82, 2.24) is 4.90 Å². The summed E-state index contributed by atoms with van der Waals surface area (Å²) < 4.78 is 5.16. The number of amides is 1. The minimum atomic E-state index is -0.669. The number of carbonyl (C=O) groups is 2. The van der Waals surface area contributed by atoms with E-state index in [1.165, 1.54) is 0 Å². The number of ether oxygens (including phenoxy) is 1. The number of benzene rings is 3. The van der Waals surface area contributed by atoms with Crippen LogP contribution in [0.1, 0.15) is 34.7 Å². The van der Waals surface area contributed by atoms with Crippen LogP contribution >= 0.6 is 0 Å². The standard InChI is InChI=1S/C27H27NO4/c1-17-12-13-18(2)22(16-17)25(29)23-24(28(14-7-15-32-3)27(31)26(23)30)21-11-6-9-19-8-4-5-10-20(19)21/h4-6,8-13,16,24,29H,7,14-15H2,1-3H3/b25-23+. The molecule has 1 saturated heterocycles. The molecule has 0 radical (unpaired) electrons. The van der Waals surface area contributed by atoms with Crippen molar-refractivity contribution in [3.8, 4) is 0 Å². The van der Waals surface area contributed by atoms with E-state index in [1.54, 1.807) is 12.0 Å². The Bertz CT molecular complexity index is 1220. The van der Waals surface area contributed by atoms with Crippen molar-refractivity contribution >= 4 is 28.2 Å². The molecule has 32 heavy (non-hydrogen) atoms. The average Bonchev–Trinajstić information content (AvgIpc) is 3.05. The summed E-state index contributed by atoms with van der Waals surface area (Å²) in [5, 5.41) is 13.3. The maximum atomic E-state index is 13.2. The SMILES string of the molecule is COCCCN1C(=O)C(=O)/C(=C(/O)c2cc(C)ccc2C)C1c1cccc2ccccc12. The molecule has 5 heteroatoms. The summed E-state index contributed by atoms with van der Waals surface area (Å²) in [5.74, 6) is -1.37. The first-order valence-corrected chi connectivity index (χ1v) is 10.8. The molecule has 4 rings (SSSR count). The molecule has 164 valence electrons. The van der Waals surface area contributed by atoms with Gasteiger partial charge in [0.25, 0.3) is 11.7 Å². The van der Waals surface area contributed by atoms with Crippen LogP contribution in [0.5, 0.6) is 0 Å². The zero-order chi connectivity index (χ0) is 22.8. The molecule has 1 N–H and O–H groups in total. The van der Waals surface area contributed by atoms with Crippen molar-refractivity contribution in [2.24, 2.45) is 0 Å². The van der Waals surface area contributed by atoms with Gasteiger partial charge in [-0.1, -0.05) is 60.2 Å². The lowest BCUT2D eigenvalue weighted by atomic mass is 9.90. The molecule has 1 amide bonds. The fraction of sp³-hybridized carbons (Fsp3) is 0.259. The number of aliphatic hydroxyl groups excluding tert-OH is 1. The molecule has 0 aliphatic carbocycles. The van der Waals surface area contributed by atoms with Gasteiger partial charge in [0.05, 0.1) is 11.6 Å². The number of carbonyl (C=O) groups excluding carboxylic acids is 2. The maximum Gasteiger partial charge on any atom is 0.295 e. The molecular formula is C27H27NO4. The molecular weight excluding hydrogens is 402 g/mol. The minimum Gasteiger partial charge on any atom is -0.507 e. The van der Waals surface area contributed by atoms with Crippen LogP contribution in [0.15, 0.2) is 66.2 Å². The number of ketones is 1. The predicted octanol–water partition coefficient (Wildman–Crippen LogP) is 4.91. The number of methoxy groups -OCH3 is 1. The van der Waals surface area contributed by atoms with E-state index in [9.17, 15) is 14.7 Å². The Balaban J connectivity index is 1.95. The van der Waals surface area contributed by atoms with Crippen LogP contribution in [0.4, 0.5) is 0 Å². The van der Waals surface area contributed by atoms with Crippen LogP contribution in [-0.2, 0) is 14.3 Å². The minimum absolute atomic E-state index is 0.128. The monoisotopic (exact) mass is 429 g/mol. The first-order chi connectivity index (χ1) is 15.4. The van der Waals surface area contributed by atoms with Gasteiger partial charge in [0, 0.05) is 25.8 Å². The molecule has 1 heterocycles. The molecule has 1 unspecified atom stereocenters. The summed E-state index contributed by atoms with van der Waals surface area (Å²) in [6.45, 7) is 4.65. The third-order valence-corrected chi connectivity index (χ3v) is 6.05. The number of likely N-dealkylation sites (tertiary alicyclic amines) is 1. The highest BCUT2D eigenvalue weighted by molar-refractivity contribution is 6.46. The van der Waals surface area contributed by atoms with Gasteiger partial charge in [-0.2, -0.15) is 0 Å². The maximum absolute atomic E-state index is 13.2. The van der Waals surface area contributed by atoms with E-state index in [-0.39, 0.29) is 11.3 Å². The molecule has 0 saturated carbocycles. The molecule has 1 atom stereocenters. The number of hydrogen-bond acceptors (Lipinski definition) is 4. The molecule has 3 aromatic rings. The Morgan fingerprint density at radius 2 is 1.78 bits per heavy atom. The molecule has 1 fully saturated rings. The highest BCUT2D eigenvalue weighted by atomic mass is 16.5. The number of nitrogens with zero attached hydrogens (tertiary/aromatic N) is 1. The molecule has 0 spiro atoms. The van der Waals surface area contributed by atoms with Crippen molar-refractivity contribution < 1.29 is 19.4 Å². The third kappa shape index (κ3) is 3.80. The average molecular weight is 430 g/mol. The van der Waals surface area contributed by atoms with E-state index < -0.39 is 17.7 Å². The zero-order valence-corrected chi connectivity index (χ0v) is 18.6. The quantitative estimate of drug-likeness (QED) is 0.262. The van der Waals surface area contributed by atoms with Crippen LogP contribution in [0.2, 0.25) is 0 Å². The van der Waals surface area contributed by atoms with Gasteiger partial charge in [0.2, 0.25) is 0 Å². The number of fused-ring (bicyclic) bond motifs is 1. The number of aliphatic hydroxyl groups is 1. The smallest absolute Gasteiger partial charge is 0.295 e. The van der Waals surface area contributed by atoms with Crippen molar-refractivity contribution in [3.63, 3.8) is 0 Å². The van der Waals surface area contributed by atoms with Crippen LogP contribution in [0.25, 0.3) is 16.5 Å². The lowest BCUT2D eigenvalue weighted by Gasteiger charge is -2.26. The molecule has 1 aliphatic rings. The van der Waals surface area contributed by atoms with Gasteiger partial charge in [-0.25, -0.2) is 0 Å². The van der Waals surface area contributed by atoms with Gasteiger partial charge in [-0.3, -0.25) is 9.59 Å². The van der Waals surface area contributed by atoms with Gasteiger partial charge in [-0.05, 0) is 48.2 Å². The molecule has 1 aliphatic heterocycles. The number of aryl methyl sites for hydroxylation is 2. The summed E-state index contributed by atoms with van der Waals surface area (Å²) in [5.41, 5.74) is 3.35. The van der Waals surface area contributed by atoms with Crippen molar-refractivity contribution in [2.75, 3.05) is 20.3 Å². The van der Waals surface area contributed by atoms with Gasteiger partial charge in [0.15, 0.2) is 0 Å². The fourth-order valence-electron chi connectivity index (χ4n) is 4.44. The van der Waals surface area contributed by atoms with Crippen LogP contribution in [-0.4, -0.2) is 42.0 Å². The number of Topliss-reactive ketones (excluding diaryl/α,β-unsaturated/α-hetero) is 1. The van der Waals surface area contributed by atoms with Gasteiger partial charge in [-0.15, -0.1) is 0 Å². The summed E-state index contributed by atoms with van der Waals surface area (Å²) >= 11 is 0. The van der Waals surface area contributed by atoms with Gasteiger partial charge in [0.1, 0.15) is 5.76 Å². The lowest BCUT2D eigenvalue weighted by Crippen LogP contribution is -2.31. The molecule has 0 bridgehead atoms. The van der Waals surface area contributed by atoms with E-state index in [0.29, 0.717) is 25.1 Å². The van der Waals surface area contributed by atoms with Crippen molar-refractivity contribution in [3.05, 3.63) is 88.5 Å². The largest absolute Gasteiger partial charge is 0.507 e. The Morgan fingerprint density at radius 3 is 2.56 bits per heavy atom. The van der Waals surface area contributed by atoms with Gasteiger partial charge >= 0.3 is 0 Å². The topological polar surface area (TPSA) is 66.8 Å². The van der Waals surface area contributed by atoms with E-state index in [0.717, 1.165) is 27.5 Å². The number of hydrogen-bond donors (Lipinski definition) is 1. The van der Waals surface area contributed by atoms with E-state index in [2.05, 4.69) is 0 Å². The van der Waals surface area contributed by atoms with E-state index >= 15 is 0 Å². The first-order valence-electron chi connectivity index (χ1n) is 10.8. The third-order valence-electron chi connectivity index (χ3n) is 6.05. The second-order valence-electron chi connectivity index (χ2n) is 8.23. The van der Waals surface area contributed by atoms with Crippen LogP contribution < -0.4 is 0 Å². The Hall–Kier alpha value is -3.44. The Kier molecular flexibility index (Phi) is 6.10. The van der Waals surface area contributed by atoms with E-state index in [1.807, 2.05) is 74.5 Å². The summed E-state index contributed by atoms with van der Waals surface area (Å²) in [7, 11) is 1.61. The van der Waals surface area contributed by atoms with Crippen LogP contribution in [0, 0.1) is 13.8 Å². The van der Waals surface area contributed by atoms with Crippen molar-refractivity contribution in [2.45, 2.75) is 26.3 Å². The molecule has 5 nitrogen and oxygen atoms in total. The highest BCUT2D eigenvalue weighted by Crippen LogP contribution is 2.42. The highest BCUT2D eigenvalue weighted by Gasteiger charge is 2.46. The molecule has 3 aromatic carbocycles. The Labute approximate surface area is 187 Å². The number of rotatable bonds is 6. The normalized spacial score (nSPS) is 18.0. The van der Waals surface area contributed by atoms with Crippen LogP contribution in [0.3, 0.4) is 0 Å². The molecule has 0 aromatic heterocycles. The summed E-state index contributed by atoms with van der Waals surface area (Å²) in [6, 6.07) is 18.8. The lowest BCUT2D eigenvalue weighted by molar-refractivity contribution is -0.140. The first kappa shape index (κ1) is 21.8. The summed E-state index contributed by atoms with van der Waals surface area (Å²) in [6.07, 6.45) is 0.592. The summed E-state index contributed by atoms with van der Waals surface area (Å²) in [4.78, 5) is 27.9.